The average Bonchev–Trinajstić information content (AvgIpc) is 3.03. The van der Waals surface area contributed by atoms with Crippen LogP contribution in [0, 0.1) is 0 Å². The summed E-state index contributed by atoms with van der Waals surface area (Å²) in [4.78, 5) is 4.83. The normalized spacial score (nSPS) is 25.5. The maximum absolute atomic E-state index is 9.10. The zero-order chi connectivity index (χ0) is 14.7. The predicted octanol–water partition coefficient (Wildman–Crippen LogP) is 2.20. The molecule has 1 heterocycles. The Hall–Kier alpha value is -1.75. The van der Waals surface area contributed by atoms with Gasteiger partial charge in [-0.1, -0.05) is 17.3 Å². The van der Waals surface area contributed by atoms with Crippen molar-refractivity contribution in [1.82, 2.24) is 4.90 Å². The first-order valence-electron chi connectivity index (χ1n) is 7.66. The lowest BCUT2D eigenvalue weighted by Gasteiger charge is -2.39. The molecule has 1 saturated heterocycles. The van der Waals surface area contributed by atoms with Crippen molar-refractivity contribution in [3.63, 3.8) is 0 Å². The van der Waals surface area contributed by atoms with Crippen molar-refractivity contribution in [3.8, 4) is 5.75 Å². The van der Waals surface area contributed by atoms with Crippen molar-refractivity contribution in [1.29, 1.82) is 0 Å². The lowest BCUT2D eigenvalue weighted by Crippen LogP contribution is -2.51. The molecule has 1 aromatic rings. The Labute approximate surface area is 125 Å². The highest BCUT2D eigenvalue weighted by molar-refractivity contribution is 5.90. The Bertz CT molecular complexity index is 510. The maximum atomic E-state index is 9.10. The van der Waals surface area contributed by atoms with Gasteiger partial charge in [0.2, 0.25) is 0 Å². The standard InChI is InChI=1S/C16H23N3O2/c1-21-16-8-3-2-6-15(16)19-11-9-18(10-12-19)14-7-4-5-13(14)17-20/h2-3,6,8,14,20H,4-5,7,9-12H2,1H3/b17-13+/t14-/m1/s1. The van der Waals surface area contributed by atoms with Gasteiger partial charge < -0.3 is 14.8 Å². The summed E-state index contributed by atoms with van der Waals surface area (Å²) in [6.07, 6.45) is 3.19. The summed E-state index contributed by atoms with van der Waals surface area (Å²) in [5, 5.41) is 12.6. The molecule has 5 heteroatoms. The van der Waals surface area contributed by atoms with Crippen LogP contribution in [-0.2, 0) is 0 Å². The molecule has 0 spiro atoms. The molecular weight excluding hydrogens is 266 g/mol. The van der Waals surface area contributed by atoms with E-state index in [1.807, 2.05) is 12.1 Å². The monoisotopic (exact) mass is 289 g/mol. The minimum atomic E-state index is 0.342. The molecule has 0 bridgehead atoms. The van der Waals surface area contributed by atoms with Gasteiger partial charge in [-0.3, -0.25) is 4.90 Å². The van der Waals surface area contributed by atoms with E-state index in [-0.39, 0.29) is 0 Å². The van der Waals surface area contributed by atoms with Crippen LogP contribution in [0.4, 0.5) is 5.69 Å². The summed E-state index contributed by atoms with van der Waals surface area (Å²) in [7, 11) is 1.72. The molecule has 0 amide bonds. The molecule has 0 unspecified atom stereocenters. The molecule has 114 valence electrons. The van der Waals surface area contributed by atoms with Gasteiger partial charge >= 0.3 is 0 Å². The number of nitrogens with zero attached hydrogens (tertiary/aromatic N) is 3. The van der Waals surface area contributed by atoms with E-state index in [1.54, 1.807) is 7.11 Å². The molecule has 1 N–H and O–H groups in total. The minimum Gasteiger partial charge on any atom is -0.495 e. The first-order valence-corrected chi connectivity index (χ1v) is 7.66. The number of ether oxygens (including phenoxy) is 1. The first kappa shape index (κ1) is 14.2. The number of oxime groups is 1. The van der Waals surface area contributed by atoms with Gasteiger partial charge in [0.15, 0.2) is 0 Å². The second-order valence-electron chi connectivity index (χ2n) is 5.69. The van der Waals surface area contributed by atoms with E-state index in [0.29, 0.717) is 6.04 Å². The van der Waals surface area contributed by atoms with E-state index >= 15 is 0 Å². The van der Waals surface area contributed by atoms with Gasteiger partial charge in [0.25, 0.3) is 0 Å². The lowest BCUT2D eigenvalue weighted by molar-refractivity contribution is 0.220. The van der Waals surface area contributed by atoms with E-state index in [4.69, 9.17) is 9.94 Å². The van der Waals surface area contributed by atoms with Gasteiger partial charge in [-0.2, -0.15) is 0 Å². The molecule has 1 aromatic carbocycles. The number of rotatable bonds is 3. The van der Waals surface area contributed by atoms with Crippen molar-refractivity contribution in [2.75, 3.05) is 38.2 Å². The molecule has 5 nitrogen and oxygen atoms in total. The molecule has 21 heavy (non-hydrogen) atoms. The van der Waals surface area contributed by atoms with Crippen LogP contribution in [0.3, 0.4) is 0 Å². The van der Waals surface area contributed by atoms with Crippen molar-refractivity contribution in [2.45, 2.75) is 25.3 Å². The number of anilines is 1. The zero-order valence-electron chi connectivity index (χ0n) is 12.5. The molecule has 2 fully saturated rings. The van der Waals surface area contributed by atoms with Crippen LogP contribution < -0.4 is 9.64 Å². The summed E-state index contributed by atoms with van der Waals surface area (Å²) in [5.74, 6) is 0.935. The average molecular weight is 289 g/mol. The van der Waals surface area contributed by atoms with Gasteiger partial charge in [-0.15, -0.1) is 0 Å². The number of methoxy groups -OCH3 is 1. The van der Waals surface area contributed by atoms with Crippen LogP contribution in [0.25, 0.3) is 0 Å². The van der Waals surface area contributed by atoms with Crippen LogP contribution >= 0.6 is 0 Å². The van der Waals surface area contributed by atoms with Crippen LogP contribution in [0.2, 0.25) is 0 Å². The highest BCUT2D eigenvalue weighted by Gasteiger charge is 2.31. The quantitative estimate of drug-likeness (QED) is 0.684. The van der Waals surface area contributed by atoms with E-state index in [1.165, 1.54) is 5.69 Å². The second kappa shape index (κ2) is 6.35. The fourth-order valence-electron chi connectivity index (χ4n) is 3.49. The SMILES string of the molecule is COc1ccccc1N1CCN([C@@H]2CCC/C2=N\O)CC1. The zero-order valence-corrected chi connectivity index (χ0v) is 12.5. The van der Waals surface area contributed by atoms with Crippen molar-refractivity contribution in [3.05, 3.63) is 24.3 Å². The first-order chi connectivity index (χ1) is 10.3. The van der Waals surface area contributed by atoms with E-state index in [2.05, 4.69) is 27.1 Å². The minimum absolute atomic E-state index is 0.342. The van der Waals surface area contributed by atoms with Crippen molar-refractivity contribution < 1.29 is 9.94 Å². The molecule has 0 aromatic heterocycles. The smallest absolute Gasteiger partial charge is 0.142 e. The van der Waals surface area contributed by atoms with E-state index in [0.717, 1.165) is 56.9 Å². The van der Waals surface area contributed by atoms with Gasteiger partial charge in [0, 0.05) is 26.2 Å². The Morgan fingerprint density at radius 2 is 1.95 bits per heavy atom. The van der Waals surface area contributed by atoms with E-state index in [9.17, 15) is 0 Å². The van der Waals surface area contributed by atoms with Crippen molar-refractivity contribution >= 4 is 11.4 Å². The highest BCUT2D eigenvalue weighted by Crippen LogP contribution is 2.29. The largest absolute Gasteiger partial charge is 0.495 e. The Morgan fingerprint density at radius 1 is 1.19 bits per heavy atom. The Balaban J connectivity index is 1.65. The summed E-state index contributed by atoms with van der Waals surface area (Å²) >= 11 is 0. The third-order valence-electron chi connectivity index (χ3n) is 4.60. The predicted molar refractivity (Wildman–Crippen MR) is 83.6 cm³/mol. The molecule has 3 rings (SSSR count). The molecular formula is C16H23N3O2. The third kappa shape index (κ3) is 2.83. The Morgan fingerprint density at radius 3 is 2.67 bits per heavy atom. The van der Waals surface area contributed by atoms with Crippen LogP contribution in [0.1, 0.15) is 19.3 Å². The van der Waals surface area contributed by atoms with Crippen LogP contribution in [0.15, 0.2) is 29.4 Å². The molecule has 1 atom stereocenters. The molecule has 0 radical (unpaired) electrons. The topological polar surface area (TPSA) is 48.3 Å². The molecule has 1 aliphatic heterocycles. The maximum Gasteiger partial charge on any atom is 0.142 e. The molecule has 1 aliphatic carbocycles. The summed E-state index contributed by atoms with van der Waals surface area (Å²) < 4.78 is 5.45. The second-order valence-corrected chi connectivity index (χ2v) is 5.69. The van der Waals surface area contributed by atoms with E-state index < -0.39 is 0 Å². The summed E-state index contributed by atoms with van der Waals surface area (Å²) in [6.45, 7) is 3.97. The van der Waals surface area contributed by atoms with Gasteiger partial charge in [0.05, 0.1) is 24.6 Å². The number of para-hydroxylation sites is 2. The number of benzene rings is 1. The molecule has 1 saturated carbocycles. The third-order valence-corrected chi connectivity index (χ3v) is 4.60. The fourth-order valence-corrected chi connectivity index (χ4v) is 3.49. The molecule has 2 aliphatic rings. The number of piperazine rings is 1. The van der Waals surface area contributed by atoms with Crippen LogP contribution in [0.5, 0.6) is 5.75 Å². The summed E-state index contributed by atoms with van der Waals surface area (Å²) in [6, 6.07) is 8.52. The fraction of sp³-hybridized carbons (Fsp3) is 0.562. The van der Waals surface area contributed by atoms with Gasteiger partial charge in [-0.25, -0.2) is 0 Å². The summed E-state index contributed by atoms with van der Waals surface area (Å²) in [5.41, 5.74) is 2.13. The number of hydrogen-bond acceptors (Lipinski definition) is 5. The van der Waals surface area contributed by atoms with Gasteiger partial charge in [0.1, 0.15) is 5.75 Å². The van der Waals surface area contributed by atoms with Crippen LogP contribution in [-0.4, -0.2) is 55.1 Å². The highest BCUT2D eigenvalue weighted by atomic mass is 16.5. The number of hydrogen-bond donors (Lipinski definition) is 1. The lowest BCUT2D eigenvalue weighted by atomic mass is 10.1. The van der Waals surface area contributed by atoms with Crippen molar-refractivity contribution in [2.24, 2.45) is 5.16 Å². The van der Waals surface area contributed by atoms with Gasteiger partial charge in [-0.05, 0) is 31.4 Å². The Kier molecular flexibility index (Phi) is 4.29.